The van der Waals surface area contributed by atoms with Gasteiger partial charge in [0.1, 0.15) is 0 Å². The standard InChI is InChI=1S/C23H28ClN5O2/c1-4-28-20-13-18(26-22(30)25-17-12-16(24)9-8-15(17)3)19(27-10-6-7-11-27)14-21(20)29(5-2)23(28)31/h8-9,12-14H,4-7,10-11H2,1-3H3,(H2,25,26,30). The number of nitrogens with one attached hydrogen (secondary N) is 2. The number of urea groups is 1. The topological polar surface area (TPSA) is 71.3 Å². The molecule has 0 radical (unpaired) electrons. The van der Waals surface area contributed by atoms with Crippen molar-refractivity contribution in [2.75, 3.05) is 28.6 Å². The van der Waals surface area contributed by atoms with Crippen molar-refractivity contribution in [2.45, 2.75) is 46.7 Å². The highest BCUT2D eigenvalue weighted by Crippen LogP contribution is 2.34. The van der Waals surface area contributed by atoms with Crippen LogP contribution < -0.4 is 21.2 Å². The second-order valence-corrected chi connectivity index (χ2v) is 8.30. The summed E-state index contributed by atoms with van der Waals surface area (Å²) in [5, 5.41) is 6.47. The molecule has 1 aliphatic heterocycles. The van der Waals surface area contributed by atoms with Gasteiger partial charge in [0.25, 0.3) is 0 Å². The first-order chi connectivity index (χ1) is 14.9. The van der Waals surface area contributed by atoms with E-state index in [1.54, 1.807) is 21.3 Å². The quantitative estimate of drug-likeness (QED) is 0.582. The fourth-order valence-corrected chi connectivity index (χ4v) is 4.46. The van der Waals surface area contributed by atoms with Gasteiger partial charge in [0.05, 0.1) is 22.4 Å². The molecule has 3 aromatic rings. The monoisotopic (exact) mass is 441 g/mol. The zero-order chi connectivity index (χ0) is 22.1. The minimum absolute atomic E-state index is 0.0245. The van der Waals surface area contributed by atoms with Crippen LogP contribution in [0.1, 0.15) is 32.3 Å². The molecule has 7 nitrogen and oxygen atoms in total. The molecule has 1 fully saturated rings. The minimum Gasteiger partial charge on any atom is -0.370 e. The molecular formula is C23H28ClN5O2. The molecule has 8 heteroatoms. The van der Waals surface area contributed by atoms with Gasteiger partial charge in [-0.2, -0.15) is 0 Å². The van der Waals surface area contributed by atoms with Crippen molar-refractivity contribution in [3.8, 4) is 0 Å². The average Bonchev–Trinajstić information content (AvgIpc) is 3.35. The van der Waals surface area contributed by atoms with Crippen LogP contribution in [0.15, 0.2) is 35.1 Å². The van der Waals surface area contributed by atoms with Crippen LogP contribution in [0.3, 0.4) is 0 Å². The van der Waals surface area contributed by atoms with Crippen molar-refractivity contribution < 1.29 is 4.79 Å². The zero-order valence-electron chi connectivity index (χ0n) is 18.2. The van der Waals surface area contributed by atoms with Gasteiger partial charge in [-0.25, -0.2) is 9.59 Å². The summed E-state index contributed by atoms with van der Waals surface area (Å²) in [7, 11) is 0. The van der Waals surface area contributed by atoms with Gasteiger partial charge in [0.15, 0.2) is 0 Å². The van der Waals surface area contributed by atoms with Crippen LogP contribution in [0.5, 0.6) is 0 Å². The minimum atomic E-state index is -0.342. The predicted molar refractivity (Wildman–Crippen MR) is 128 cm³/mol. The molecule has 1 aliphatic rings. The number of nitrogens with zero attached hydrogens (tertiary/aromatic N) is 3. The zero-order valence-corrected chi connectivity index (χ0v) is 18.9. The Balaban J connectivity index is 1.76. The summed E-state index contributed by atoms with van der Waals surface area (Å²) in [5.74, 6) is 0. The predicted octanol–water partition coefficient (Wildman–Crippen LogP) is 5.05. The number of amides is 2. The average molecular weight is 442 g/mol. The summed E-state index contributed by atoms with van der Waals surface area (Å²) in [5.41, 5.74) is 4.93. The number of carbonyl (C=O) groups excluding carboxylic acids is 1. The number of aromatic nitrogens is 2. The summed E-state index contributed by atoms with van der Waals surface area (Å²) in [6.07, 6.45) is 2.23. The van der Waals surface area contributed by atoms with Crippen LogP contribution in [0, 0.1) is 6.92 Å². The van der Waals surface area contributed by atoms with Gasteiger partial charge in [-0.3, -0.25) is 9.13 Å². The Morgan fingerprint density at radius 3 is 2.23 bits per heavy atom. The van der Waals surface area contributed by atoms with Gasteiger partial charge < -0.3 is 15.5 Å². The lowest BCUT2D eigenvalue weighted by Gasteiger charge is -2.22. The molecule has 1 saturated heterocycles. The van der Waals surface area contributed by atoms with E-state index in [-0.39, 0.29) is 11.7 Å². The van der Waals surface area contributed by atoms with E-state index in [0.29, 0.717) is 29.5 Å². The number of halogens is 1. The molecule has 2 N–H and O–H groups in total. The molecule has 0 saturated carbocycles. The van der Waals surface area contributed by atoms with E-state index in [0.717, 1.165) is 48.2 Å². The summed E-state index contributed by atoms with van der Waals surface area (Å²) >= 11 is 6.09. The smallest absolute Gasteiger partial charge is 0.329 e. The van der Waals surface area contributed by atoms with Crippen molar-refractivity contribution in [1.82, 2.24) is 9.13 Å². The maximum absolute atomic E-state index is 12.9. The Kier molecular flexibility index (Phi) is 5.96. The summed E-state index contributed by atoms with van der Waals surface area (Å²) in [6, 6.07) is 9.01. The third-order valence-corrected chi connectivity index (χ3v) is 6.15. The molecule has 2 aromatic carbocycles. The Morgan fingerprint density at radius 1 is 0.968 bits per heavy atom. The third-order valence-electron chi connectivity index (χ3n) is 5.91. The highest BCUT2D eigenvalue weighted by atomic mass is 35.5. The van der Waals surface area contributed by atoms with Crippen LogP contribution in [-0.4, -0.2) is 28.3 Å². The van der Waals surface area contributed by atoms with Crippen molar-refractivity contribution in [3.63, 3.8) is 0 Å². The lowest BCUT2D eigenvalue weighted by atomic mass is 10.2. The van der Waals surface area contributed by atoms with E-state index in [1.165, 1.54) is 0 Å². The molecule has 0 atom stereocenters. The Bertz CT molecular complexity index is 1190. The molecule has 0 bridgehead atoms. The number of aryl methyl sites for hydroxylation is 3. The van der Waals surface area contributed by atoms with Crippen LogP contribution in [0.2, 0.25) is 5.02 Å². The number of imidazole rings is 1. The fraction of sp³-hybridized carbons (Fsp3) is 0.391. The van der Waals surface area contributed by atoms with Gasteiger partial charge >= 0.3 is 11.7 Å². The number of anilines is 3. The lowest BCUT2D eigenvalue weighted by molar-refractivity contribution is 0.262. The number of hydrogen-bond donors (Lipinski definition) is 2. The highest BCUT2D eigenvalue weighted by molar-refractivity contribution is 6.31. The third kappa shape index (κ3) is 4.02. The normalized spacial score (nSPS) is 13.7. The van der Waals surface area contributed by atoms with E-state index >= 15 is 0 Å². The second kappa shape index (κ2) is 8.67. The van der Waals surface area contributed by atoms with E-state index in [9.17, 15) is 9.59 Å². The first-order valence-corrected chi connectivity index (χ1v) is 11.2. The number of carbonyl (C=O) groups is 1. The summed E-state index contributed by atoms with van der Waals surface area (Å²) < 4.78 is 3.54. The molecule has 4 rings (SSSR count). The highest BCUT2D eigenvalue weighted by Gasteiger charge is 2.21. The van der Waals surface area contributed by atoms with Gasteiger partial charge in [0.2, 0.25) is 0 Å². The molecule has 0 spiro atoms. The largest absolute Gasteiger partial charge is 0.370 e. The van der Waals surface area contributed by atoms with Gasteiger partial charge in [-0.15, -0.1) is 0 Å². The van der Waals surface area contributed by atoms with Crippen LogP contribution >= 0.6 is 11.6 Å². The van der Waals surface area contributed by atoms with E-state index in [2.05, 4.69) is 15.5 Å². The molecule has 1 aromatic heterocycles. The Labute approximate surface area is 186 Å². The van der Waals surface area contributed by atoms with Crippen molar-refractivity contribution in [1.29, 1.82) is 0 Å². The first-order valence-electron chi connectivity index (χ1n) is 10.8. The van der Waals surface area contributed by atoms with Crippen molar-refractivity contribution in [2.24, 2.45) is 0 Å². The second-order valence-electron chi connectivity index (χ2n) is 7.86. The van der Waals surface area contributed by atoms with Gasteiger partial charge in [-0.1, -0.05) is 17.7 Å². The number of rotatable bonds is 5. The van der Waals surface area contributed by atoms with E-state index in [1.807, 2.05) is 39.0 Å². The molecule has 31 heavy (non-hydrogen) atoms. The van der Waals surface area contributed by atoms with Crippen molar-refractivity contribution in [3.05, 3.63) is 51.4 Å². The first kappa shape index (κ1) is 21.3. The van der Waals surface area contributed by atoms with Crippen LogP contribution in [-0.2, 0) is 13.1 Å². The molecule has 2 heterocycles. The molecule has 2 amide bonds. The Hall–Kier alpha value is -2.93. The molecular weight excluding hydrogens is 414 g/mol. The van der Waals surface area contributed by atoms with Crippen molar-refractivity contribution >= 4 is 45.7 Å². The number of benzene rings is 2. The summed E-state index contributed by atoms with van der Waals surface area (Å²) in [6.45, 7) is 8.88. The van der Waals surface area contributed by atoms with Gasteiger partial charge in [0, 0.05) is 36.9 Å². The molecule has 0 aliphatic carbocycles. The maximum Gasteiger partial charge on any atom is 0.329 e. The molecule has 164 valence electrons. The van der Waals surface area contributed by atoms with Gasteiger partial charge in [-0.05, 0) is 63.4 Å². The maximum atomic E-state index is 12.9. The number of hydrogen-bond acceptors (Lipinski definition) is 3. The lowest BCUT2D eigenvalue weighted by Crippen LogP contribution is -2.24. The SMILES string of the molecule is CCn1c(=O)n(CC)c2cc(N3CCCC3)c(NC(=O)Nc3cc(Cl)ccc3C)cc21. The van der Waals surface area contributed by atoms with E-state index < -0.39 is 0 Å². The summed E-state index contributed by atoms with van der Waals surface area (Å²) in [4.78, 5) is 28.0. The van der Waals surface area contributed by atoms with E-state index in [4.69, 9.17) is 11.6 Å². The molecule has 0 unspecified atom stereocenters. The van der Waals surface area contributed by atoms with Crippen LogP contribution in [0.4, 0.5) is 21.9 Å². The Morgan fingerprint density at radius 2 is 1.58 bits per heavy atom. The fourth-order valence-electron chi connectivity index (χ4n) is 4.29. The van der Waals surface area contributed by atoms with Crippen LogP contribution in [0.25, 0.3) is 11.0 Å². The number of fused-ring (bicyclic) bond motifs is 1.